The summed E-state index contributed by atoms with van der Waals surface area (Å²) in [6, 6.07) is 4.73. The van der Waals surface area contributed by atoms with E-state index in [0.29, 0.717) is 11.6 Å². The summed E-state index contributed by atoms with van der Waals surface area (Å²) in [7, 11) is 0. The number of benzene rings is 1. The minimum Gasteiger partial charge on any atom is -0.369 e. The third kappa shape index (κ3) is 4.92. The number of halogens is 3. The van der Waals surface area contributed by atoms with E-state index in [1.54, 1.807) is 12.1 Å². The van der Waals surface area contributed by atoms with Crippen molar-refractivity contribution in [2.75, 3.05) is 18.0 Å². The van der Waals surface area contributed by atoms with Crippen molar-refractivity contribution in [1.82, 2.24) is 0 Å². The van der Waals surface area contributed by atoms with Crippen LogP contribution in [0.3, 0.4) is 0 Å². The minimum atomic E-state index is -4.35. The van der Waals surface area contributed by atoms with E-state index in [2.05, 4.69) is 13.8 Å². The Morgan fingerprint density at radius 2 is 1.76 bits per heavy atom. The van der Waals surface area contributed by atoms with Gasteiger partial charge in [0.2, 0.25) is 0 Å². The van der Waals surface area contributed by atoms with Gasteiger partial charge in [-0.2, -0.15) is 13.2 Å². The Kier molecular flexibility index (Phi) is 6.08. The van der Waals surface area contributed by atoms with Gasteiger partial charge in [0.05, 0.1) is 5.56 Å². The topological polar surface area (TPSA) is 29.3 Å². The van der Waals surface area contributed by atoms with E-state index in [9.17, 15) is 13.2 Å². The molecule has 0 radical (unpaired) electrons. The molecular weight excluding hydrogens is 277 g/mol. The summed E-state index contributed by atoms with van der Waals surface area (Å²) >= 11 is 0. The summed E-state index contributed by atoms with van der Waals surface area (Å²) in [5.74, 6) is 0.380. The lowest BCUT2D eigenvalue weighted by molar-refractivity contribution is -0.138. The Morgan fingerprint density at radius 3 is 2.19 bits per heavy atom. The van der Waals surface area contributed by atoms with Crippen molar-refractivity contribution < 1.29 is 13.2 Å². The van der Waals surface area contributed by atoms with E-state index >= 15 is 0 Å². The highest BCUT2D eigenvalue weighted by Crippen LogP contribution is 2.35. The van der Waals surface area contributed by atoms with Crippen LogP contribution in [0.4, 0.5) is 18.9 Å². The molecule has 0 aliphatic rings. The van der Waals surface area contributed by atoms with Gasteiger partial charge in [0, 0.05) is 18.3 Å². The molecule has 0 saturated carbocycles. The third-order valence-electron chi connectivity index (χ3n) is 3.33. The fraction of sp³-hybridized carbons (Fsp3) is 0.625. The first-order chi connectivity index (χ1) is 9.66. The minimum absolute atomic E-state index is 0.147. The summed E-state index contributed by atoms with van der Waals surface area (Å²) in [5, 5.41) is 0. The van der Waals surface area contributed by atoms with Gasteiger partial charge < -0.3 is 10.6 Å². The second-order valence-corrected chi connectivity index (χ2v) is 6.02. The number of hydrogen-bond donors (Lipinski definition) is 1. The lowest BCUT2D eigenvalue weighted by Crippen LogP contribution is -2.34. The molecule has 0 aromatic heterocycles. The third-order valence-corrected chi connectivity index (χ3v) is 3.33. The summed E-state index contributed by atoms with van der Waals surface area (Å²) in [6.07, 6.45) is -4.11. The predicted molar refractivity (Wildman–Crippen MR) is 81.5 cm³/mol. The molecular formula is C16H25F3N2. The number of rotatable bonds is 6. The maximum Gasteiger partial charge on any atom is 0.416 e. The molecule has 120 valence electrons. The Bertz CT molecular complexity index is 453. The van der Waals surface area contributed by atoms with Crippen LogP contribution in [0.25, 0.3) is 0 Å². The number of hydrogen-bond acceptors (Lipinski definition) is 2. The number of nitrogens with zero attached hydrogens (tertiary/aromatic N) is 1. The first-order valence-corrected chi connectivity index (χ1v) is 7.33. The van der Waals surface area contributed by atoms with Crippen molar-refractivity contribution >= 4 is 5.69 Å². The molecule has 0 spiro atoms. The maximum atomic E-state index is 13.2. The molecule has 1 rings (SSSR count). The molecule has 1 aromatic rings. The van der Waals surface area contributed by atoms with E-state index in [1.807, 2.05) is 18.7 Å². The van der Waals surface area contributed by atoms with Crippen molar-refractivity contribution in [1.29, 1.82) is 0 Å². The molecule has 0 fully saturated rings. The van der Waals surface area contributed by atoms with Crippen molar-refractivity contribution in [2.45, 2.75) is 46.3 Å². The first-order valence-electron chi connectivity index (χ1n) is 7.33. The molecule has 0 saturated heterocycles. The molecule has 0 atom stereocenters. The average Bonchev–Trinajstić information content (AvgIpc) is 2.35. The summed E-state index contributed by atoms with van der Waals surface area (Å²) in [6.45, 7) is 9.03. The van der Waals surface area contributed by atoms with Gasteiger partial charge in [0.25, 0.3) is 0 Å². The molecule has 0 bridgehead atoms. The van der Waals surface area contributed by atoms with E-state index in [4.69, 9.17) is 5.73 Å². The highest BCUT2D eigenvalue weighted by Gasteiger charge is 2.33. The number of anilines is 1. The summed E-state index contributed by atoms with van der Waals surface area (Å²) < 4.78 is 39.7. The van der Waals surface area contributed by atoms with Gasteiger partial charge in [-0.15, -0.1) is 0 Å². The Hall–Kier alpha value is -1.23. The zero-order valence-electron chi connectivity index (χ0n) is 13.2. The fourth-order valence-electron chi connectivity index (χ4n) is 2.39. The first kappa shape index (κ1) is 17.8. The van der Waals surface area contributed by atoms with Gasteiger partial charge in [-0.05, 0) is 50.4 Å². The zero-order chi connectivity index (χ0) is 16.2. The molecule has 0 unspecified atom stereocenters. The van der Waals surface area contributed by atoms with Crippen LogP contribution < -0.4 is 10.6 Å². The van der Waals surface area contributed by atoms with Gasteiger partial charge in [-0.3, -0.25) is 0 Å². The SMILES string of the molecule is CC(C)CN(c1ccc(CCN)c(C(F)(F)F)c1)C(C)C. The second-order valence-electron chi connectivity index (χ2n) is 6.02. The van der Waals surface area contributed by atoms with E-state index in [0.717, 1.165) is 6.54 Å². The van der Waals surface area contributed by atoms with Crippen LogP contribution in [0.1, 0.15) is 38.8 Å². The molecule has 0 heterocycles. The lowest BCUT2D eigenvalue weighted by Gasteiger charge is -2.31. The van der Waals surface area contributed by atoms with Crippen LogP contribution in [0, 0.1) is 5.92 Å². The van der Waals surface area contributed by atoms with Crippen molar-refractivity contribution in [3.8, 4) is 0 Å². The zero-order valence-corrected chi connectivity index (χ0v) is 13.2. The monoisotopic (exact) mass is 302 g/mol. The normalized spacial score (nSPS) is 12.3. The Labute approximate surface area is 125 Å². The fourth-order valence-corrected chi connectivity index (χ4v) is 2.39. The molecule has 0 amide bonds. The smallest absolute Gasteiger partial charge is 0.369 e. The van der Waals surface area contributed by atoms with Gasteiger partial charge in [0.15, 0.2) is 0 Å². The van der Waals surface area contributed by atoms with E-state index < -0.39 is 11.7 Å². The maximum absolute atomic E-state index is 13.2. The average molecular weight is 302 g/mol. The Balaban J connectivity index is 3.25. The molecule has 0 aliphatic carbocycles. The molecule has 5 heteroatoms. The van der Waals surface area contributed by atoms with Gasteiger partial charge in [0.1, 0.15) is 0 Å². The molecule has 0 aliphatic heterocycles. The molecule has 21 heavy (non-hydrogen) atoms. The number of alkyl halides is 3. The standard InChI is InChI=1S/C16H25F3N2/c1-11(2)10-21(12(3)4)14-6-5-13(7-8-20)15(9-14)16(17,18)19/h5-6,9,11-12H,7-8,10,20H2,1-4H3. The molecule has 2 N–H and O–H groups in total. The van der Waals surface area contributed by atoms with Gasteiger partial charge in [-0.25, -0.2) is 0 Å². The van der Waals surface area contributed by atoms with Crippen LogP contribution >= 0.6 is 0 Å². The summed E-state index contributed by atoms with van der Waals surface area (Å²) in [5.41, 5.74) is 5.72. The van der Waals surface area contributed by atoms with Gasteiger partial charge >= 0.3 is 6.18 Å². The van der Waals surface area contributed by atoms with Crippen LogP contribution in [0.5, 0.6) is 0 Å². The van der Waals surface area contributed by atoms with Crippen LogP contribution in [0.2, 0.25) is 0 Å². The predicted octanol–water partition coefficient (Wildman–Crippen LogP) is 4.08. The van der Waals surface area contributed by atoms with Gasteiger partial charge in [-0.1, -0.05) is 19.9 Å². The van der Waals surface area contributed by atoms with Crippen LogP contribution in [-0.4, -0.2) is 19.1 Å². The molecule has 2 nitrogen and oxygen atoms in total. The lowest BCUT2D eigenvalue weighted by atomic mass is 10.0. The van der Waals surface area contributed by atoms with Crippen molar-refractivity contribution in [3.63, 3.8) is 0 Å². The quantitative estimate of drug-likeness (QED) is 0.858. The highest BCUT2D eigenvalue weighted by molar-refractivity contribution is 5.52. The van der Waals surface area contributed by atoms with E-state index in [1.165, 1.54) is 6.07 Å². The number of nitrogens with two attached hydrogens (primary N) is 1. The Morgan fingerprint density at radius 1 is 1.14 bits per heavy atom. The van der Waals surface area contributed by atoms with Crippen LogP contribution in [-0.2, 0) is 12.6 Å². The largest absolute Gasteiger partial charge is 0.416 e. The second kappa shape index (κ2) is 7.16. The molecule has 1 aromatic carbocycles. The van der Waals surface area contributed by atoms with E-state index in [-0.39, 0.29) is 24.6 Å². The van der Waals surface area contributed by atoms with Crippen LogP contribution in [0.15, 0.2) is 18.2 Å². The highest BCUT2D eigenvalue weighted by atomic mass is 19.4. The van der Waals surface area contributed by atoms with Crippen molar-refractivity contribution in [2.24, 2.45) is 11.7 Å². The summed E-state index contributed by atoms with van der Waals surface area (Å²) in [4.78, 5) is 2.01. The van der Waals surface area contributed by atoms with Crippen molar-refractivity contribution in [3.05, 3.63) is 29.3 Å².